The third-order valence-corrected chi connectivity index (χ3v) is 4.62. The molecule has 1 aliphatic heterocycles. The van der Waals surface area contributed by atoms with E-state index in [0.717, 1.165) is 11.1 Å². The van der Waals surface area contributed by atoms with Crippen molar-refractivity contribution in [1.82, 2.24) is 4.90 Å². The van der Waals surface area contributed by atoms with Crippen molar-refractivity contribution < 1.29 is 19.4 Å². The van der Waals surface area contributed by atoms with E-state index < -0.39 is 18.0 Å². The fraction of sp³-hybridized carbons (Fsp3) is 0.300. The van der Waals surface area contributed by atoms with Gasteiger partial charge in [0.05, 0.1) is 5.92 Å². The second-order valence-electron chi connectivity index (χ2n) is 6.24. The Morgan fingerprint density at radius 3 is 2.32 bits per heavy atom. The number of nitrogens with zero attached hydrogens (tertiary/aromatic N) is 1. The smallest absolute Gasteiger partial charge is 0.410 e. The normalized spacial score (nSPS) is 20.1. The average Bonchev–Trinajstić information content (AvgIpc) is 2.67. The molecule has 130 valence electrons. The van der Waals surface area contributed by atoms with Gasteiger partial charge in [-0.25, -0.2) is 4.79 Å². The van der Waals surface area contributed by atoms with Crippen LogP contribution in [-0.2, 0) is 16.1 Å². The minimum atomic E-state index is -0.814. The Hall–Kier alpha value is -2.82. The molecule has 1 amide bonds. The molecule has 0 saturated carbocycles. The second kappa shape index (κ2) is 7.83. The van der Waals surface area contributed by atoms with Crippen LogP contribution in [0.3, 0.4) is 0 Å². The molecule has 2 aromatic rings. The summed E-state index contributed by atoms with van der Waals surface area (Å²) in [6.07, 6.45) is 0.0311. The highest BCUT2D eigenvalue weighted by atomic mass is 16.6. The number of rotatable bonds is 4. The lowest BCUT2D eigenvalue weighted by atomic mass is 9.81. The van der Waals surface area contributed by atoms with Crippen LogP contribution in [-0.4, -0.2) is 35.2 Å². The summed E-state index contributed by atoms with van der Waals surface area (Å²) < 4.78 is 5.39. The predicted octanol–water partition coefficient (Wildman–Crippen LogP) is 3.51. The van der Waals surface area contributed by atoms with Gasteiger partial charge in [0.25, 0.3) is 0 Å². The molecule has 2 unspecified atom stereocenters. The number of carbonyl (C=O) groups excluding carboxylic acids is 1. The van der Waals surface area contributed by atoms with Gasteiger partial charge in [-0.2, -0.15) is 0 Å². The largest absolute Gasteiger partial charge is 0.481 e. The topological polar surface area (TPSA) is 66.8 Å². The van der Waals surface area contributed by atoms with E-state index in [1.165, 1.54) is 0 Å². The number of hydrogen-bond donors (Lipinski definition) is 1. The lowest BCUT2D eigenvalue weighted by molar-refractivity contribution is -0.144. The van der Waals surface area contributed by atoms with Crippen molar-refractivity contribution in [3.63, 3.8) is 0 Å². The summed E-state index contributed by atoms with van der Waals surface area (Å²) >= 11 is 0. The fourth-order valence-corrected chi connectivity index (χ4v) is 3.26. The molecule has 3 rings (SSSR count). The van der Waals surface area contributed by atoms with Crippen LogP contribution in [0, 0.1) is 5.92 Å². The van der Waals surface area contributed by atoms with Crippen LogP contribution in [0.2, 0.25) is 0 Å². The molecular weight excluding hydrogens is 318 g/mol. The highest BCUT2D eigenvalue weighted by molar-refractivity contribution is 5.73. The molecule has 2 aromatic carbocycles. The quantitative estimate of drug-likeness (QED) is 0.925. The summed E-state index contributed by atoms with van der Waals surface area (Å²) in [5.41, 5.74) is 1.87. The number of carboxylic acid groups (broad SMARTS) is 1. The summed E-state index contributed by atoms with van der Waals surface area (Å²) in [7, 11) is 0. The highest BCUT2D eigenvalue weighted by Crippen LogP contribution is 2.33. The number of likely N-dealkylation sites (tertiary alicyclic amines) is 1. The van der Waals surface area contributed by atoms with Gasteiger partial charge < -0.3 is 14.7 Å². The number of amides is 1. The molecular formula is C20H21NO4. The summed E-state index contributed by atoms with van der Waals surface area (Å²) in [5.74, 6) is -1.52. The molecule has 5 heteroatoms. The maximum Gasteiger partial charge on any atom is 0.410 e. The number of ether oxygens (including phenoxy) is 1. The summed E-state index contributed by atoms with van der Waals surface area (Å²) in [6, 6.07) is 19.0. The molecule has 1 saturated heterocycles. The van der Waals surface area contributed by atoms with E-state index in [-0.39, 0.29) is 12.5 Å². The van der Waals surface area contributed by atoms with Crippen molar-refractivity contribution in [3.8, 4) is 0 Å². The van der Waals surface area contributed by atoms with Gasteiger partial charge in [-0.3, -0.25) is 4.79 Å². The lowest BCUT2D eigenvalue weighted by Gasteiger charge is -2.36. The lowest BCUT2D eigenvalue weighted by Crippen LogP contribution is -2.45. The summed E-state index contributed by atoms with van der Waals surface area (Å²) in [5, 5.41) is 9.51. The number of carboxylic acids is 1. The average molecular weight is 339 g/mol. The third-order valence-electron chi connectivity index (χ3n) is 4.62. The van der Waals surface area contributed by atoms with E-state index in [4.69, 9.17) is 4.74 Å². The zero-order chi connectivity index (χ0) is 17.6. The van der Waals surface area contributed by atoms with Gasteiger partial charge in [-0.15, -0.1) is 0 Å². The number of hydrogen-bond acceptors (Lipinski definition) is 3. The molecule has 0 radical (unpaired) electrons. The van der Waals surface area contributed by atoms with Gasteiger partial charge in [0.2, 0.25) is 0 Å². The maximum atomic E-state index is 12.4. The Balaban J connectivity index is 1.67. The standard InChI is InChI=1S/C20H21NO4/c22-19(23)17-11-12-21(13-18(17)16-9-5-2-6-10-16)20(24)25-14-15-7-3-1-4-8-15/h1-10,17-18H,11-14H2,(H,22,23). The third kappa shape index (κ3) is 4.18. The summed E-state index contributed by atoms with van der Waals surface area (Å²) in [4.78, 5) is 25.6. The van der Waals surface area contributed by atoms with E-state index in [2.05, 4.69) is 0 Å². The van der Waals surface area contributed by atoms with Gasteiger partial charge in [-0.1, -0.05) is 60.7 Å². The van der Waals surface area contributed by atoms with Crippen molar-refractivity contribution in [2.45, 2.75) is 18.9 Å². The molecule has 2 atom stereocenters. The molecule has 1 N–H and O–H groups in total. The van der Waals surface area contributed by atoms with Gasteiger partial charge in [0.1, 0.15) is 6.61 Å². The Morgan fingerprint density at radius 2 is 1.68 bits per heavy atom. The molecule has 0 bridgehead atoms. The Labute approximate surface area is 146 Å². The van der Waals surface area contributed by atoms with Gasteiger partial charge in [0.15, 0.2) is 0 Å². The van der Waals surface area contributed by atoms with Crippen molar-refractivity contribution >= 4 is 12.1 Å². The molecule has 0 aliphatic carbocycles. The fourth-order valence-electron chi connectivity index (χ4n) is 3.26. The SMILES string of the molecule is O=C(O)C1CCN(C(=O)OCc2ccccc2)CC1c1ccccc1. The van der Waals surface area contributed by atoms with Crippen molar-refractivity contribution in [1.29, 1.82) is 0 Å². The number of benzene rings is 2. The molecule has 0 spiro atoms. The first-order valence-electron chi connectivity index (χ1n) is 8.38. The zero-order valence-electron chi connectivity index (χ0n) is 13.9. The van der Waals surface area contributed by atoms with Crippen molar-refractivity contribution in [2.24, 2.45) is 5.92 Å². The van der Waals surface area contributed by atoms with E-state index >= 15 is 0 Å². The van der Waals surface area contributed by atoms with E-state index in [9.17, 15) is 14.7 Å². The van der Waals surface area contributed by atoms with Crippen LogP contribution in [0.1, 0.15) is 23.5 Å². The van der Waals surface area contributed by atoms with Gasteiger partial charge in [0, 0.05) is 19.0 Å². The van der Waals surface area contributed by atoms with Crippen LogP contribution >= 0.6 is 0 Å². The molecule has 1 fully saturated rings. The van der Waals surface area contributed by atoms with Crippen molar-refractivity contribution in [3.05, 3.63) is 71.8 Å². The molecule has 1 aliphatic rings. The molecule has 0 aromatic heterocycles. The van der Waals surface area contributed by atoms with Crippen LogP contribution in [0.4, 0.5) is 4.79 Å². The highest BCUT2D eigenvalue weighted by Gasteiger charge is 2.37. The summed E-state index contributed by atoms with van der Waals surface area (Å²) in [6.45, 7) is 0.969. The Kier molecular flexibility index (Phi) is 5.33. The second-order valence-corrected chi connectivity index (χ2v) is 6.24. The molecule has 5 nitrogen and oxygen atoms in total. The minimum absolute atomic E-state index is 0.217. The minimum Gasteiger partial charge on any atom is -0.481 e. The number of piperidine rings is 1. The Morgan fingerprint density at radius 1 is 1.04 bits per heavy atom. The monoisotopic (exact) mass is 339 g/mol. The van der Waals surface area contributed by atoms with Crippen molar-refractivity contribution in [2.75, 3.05) is 13.1 Å². The number of carbonyl (C=O) groups is 2. The molecule has 25 heavy (non-hydrogen) atoms. The van der Waals surface area contributed by atoms with Crippen LogP contribution in [0.5, 0.6) is 0 Å². The van der Waals surface area contributed by atoms with Gasteiger partial charge >= 0.3 is 12.1 Å². The van der Waals surface area contributed by atoms with Crippen LogP contribution < -0.4 is 0 Å². The van der Waals surface area contributed by atoms with Crippen LogP contribution in [0.15, 0.2) is 60.7 Å². The number of aliphatic carboxylic acids is 1. The zero-order valence-corrected chi connectivity index (χ0v) is 13.9. The van der Waals surface area contributed by atoms with E-state index in [1.54, 1.807) is 4.90 Å². The van der Waals surface area contributed by atoms with E-state index in [0.29, 0.717) is 19.5 Å². The first-order valence-corrected chi connectivity index (χ1v) is 8.38. The van der Waals surface area contributed by atoms with Crippen LogP contribution in [0.25, 0.3) is 0 Å². The maximum absolute atomic E-state index is 12.4. The first kappa shape index (κ1) is 17.0. The first-order chi connectivity index (χ1) is 12.1. The predicted molar refractivity (Wildman–Crippen MR) is 93.1 cm³/mol. The molecule has 1 heterocycles. The van der Waals surface area contributed by atoms with E-state index in [1.807, 2.05) is 60.7 Å². The van der Waals surface area contributed by atoms with Gasteiger partial charge in [-0.05, 0) is 17.5 Å². The Bertz CT molecular complexity index is 717.